The molecule has 1 unspecified atom stereocenters. The van der Waals surface area contributed by atoms with Gasteiger partial charge in [-0.1, -0.05) is 0 Å². The van der Waals surface area contributed by atoms with Gasteiger partial charge in [0.15, 0.2) is 0 Å². The number of nitrogens with two attached hydrogens (primary N) is 1. The van der Waals surface area contributed by atoms with Gasteiger partial charge in [-0.25, -0.2) is 8.78 Å². The molecule has 1 aromatic rings. The van der Waals surface area contributed by atoms with Gasteiger partial charge < -0.3 is 10.3 Å². The van der Waals surface area contributed by atoms with Crippen LogP contribution < -0.4 is 11.3 Å². The van der Waals surface area contributed by atoms with Crippen LogP contribution in [0.4, 0.5) is 14.5 Å². The molecule has 17 heavy (non-hydrogen) atoms. The Bertz CT molecular complexity index is 456. The van der Waals surface area contributed by atoms with E-state index in [2.05, 4.69) is 0 Å². The van der Waals surface area contributed by atoms with Gasteiger partial charge in [0.2, 0.25) is 5.92 Å². The van der Waals surface area contributed by atoms with E-state index in [1.807, 2.05) is 0 Å². The monoisotopic (exact) mass is 242 g/mol. The Morgan fingerprint density at radius 1 is 1.47 bits per heavy atom. The lowest BCUT2D eigenvalue weighted by Crippen LogP contribution is -2.31. The molecule has 1 fully saturated rings. The third-order valence-corrected chi connectivity index (χ3v) is 3.20. The van der Waals surface area contributed by atoms with Crippen LogP contribution in [0.1, 0.15) is 25.7 Å². The zero-order valence-corrected chi connectivity index (χ0v) is 9.53. The third kappa shape index (κ3) is 3.05. The highest BCUT2D eigenvalue weighted by Gasteiger charge is 2.36. The van der Waals surface area contributed by atoms with Crippen molar-refractivity contribution in [3.05, 3.63) is 28.7 Å². The van der Waals surface area contributed by atoms with E-state index in [0.717, 1.165) is 6.42 Å². The molecular weight excluding hydrogens is 226 g/mol. The molecule has 0 spiro atoms. The molecule has 0 bridgehead atoms. The van der Waals surface area contributed by atoms with Crippen molar-refractivity contribution < 1.29 is 8.78 Å². The first-order valence-corrected chi connectivity index (χ1v) is 5.80. The van der Waals surface area contributed by atoms with Crippen molar-refractivity contribution in [1.82, 2.24) is 4.57 Å². The quantitative estimate of drug-likeness (QED) is 0.864. The summed E-state index contributed by atoms with van der Waals surface area (Å²) in [6.07, 6.45) is 2.63. The molecule has 0 amide bonds. The van der Waals surface area contributed by atoms with Crippen LogP contribution in [0.5, 0.6) is 0 Å². The van der Waals surface area contributed by atoms with Crippen molar-refractivity contribution in [1.29, 1.82) is 0 Å². The van der Waals surface area contributed by atoms with Crippen molar-refractivity contribution in [2.45, 2.75) is 38.2 Å². The Morgan fingerprint density at radius 3 is 2.94 bits per heavy atom. The van der Waals surface area contributed by atoms with Gasteiger partial charge in [-0.2, -0.15) is 0 Å². The van der Waals surface area contributed by atoms with Crippen LogP contribution in [0.3, 0.4) is 0 Å². The summed E-state index contributed by atoms with van der Waals surface area (Å²) in [6, 6.07) is 2.89. The van der Waals surface area contributed by atoms with E-state index in [0.29, 0.717) is 18.7 Å². The molecule has 1 aliphatic rings. The second-order valence-corrected chi connectivity index (χ2v) is 4.77. The SMILES string of the molecule is Nc1ccc(=O)n(CC2CCCC(F)(F)C2)c1. The normalized spacial score (nSPS) is 23.5. The van der Waals surface area contributed by atoms with Gasteiger partial charge in [-0.05, 0) is 24.8 Å². The Labute approximate surface area is 98.2 Å². The summed E-state index contributed by atoms with van der Waals surface area (Å²) in [5.74, 6) is -2.72. The molecular formula is C12H16F2N2O. The maximum absolute atomic E-state index is 13.2. The molecule has 0 aromatic carbocycles. The summed E-state index contributed by atoms with van der Waals surface area (Å²) < 4.78 is 27.9. The fraction of sp³-hybridized carbons (Fsp3) is 0.583. The number of nitrogens with zero attached hydrogens (tertiary/aromatic N) is 1. The fourth-order valence-electron chi connectivity index (χ4n) is 2.40. The highest BCUT2D eigenvalue weighted by atomic mass is 19.3. The number of halogens is 2. The van der Waals surface area contributed by atoms with Crippen molar-refractivity contribution in [3.8, 4) is 0 Å². The molecule has 2 N–H and O–H groups in total. The van der Waals surface area contributed by atoms with E-state index in [-0.39, 0.29) is 24.3 Å². The number of hydrogen-bond acceptors (Lipinski definition) is 2. The lowest BCUT2D eigenvalue weighted by Gasteiger charge is -2.29. The maximum atomic E-state index is 13.2. The molecule has 0 aliphatic heterocycles. The molecule has 1 heterocycles. The zero-order chi connectivity index (χ0) is 12.5. The number of nitrogen functional groups attached to an aromatic ring is 1. The summed E-state index contributed by atoms with van der Waals surface area (Å²) in [5.41, 5.74) is 5.87. The van der Waals surface area contributed by atoms with Gasteiger partial charge in [-0.3, -0.25) is 4.79 Å². The van der Waals surface area contributed by atoms with Crippen LogP contribution in [0.15, 0.2) is 23.1 Å². The largest absolute Gasteiger partial charge is 0.398 e. The molecule has 2 rings (SSSR count). The number of rotatable bonds is 2. The van der Waals surface area contributed by atoms with Crippen LogP contribution >= 0.6 is 0 Å². The van der Waals surface area contributed by atoms with E-state index >= 15 is 0 Å². The minimum absolute atomic E-state index is 0.0324. The van der Waals surface area contributed by atoms with Crippen LogP contribution in [0, 0.1) is 5.92 Å². The first-order chi connectivity index (χ1) is 7.96. The number of aromatic nitrogens is 1. The first kappa shape index (κ1) is 12.1. The van der Waals surface area contributed by atoms with Gasteiger partial charge in [0, 0.05) is 37.3 Å². The van der Waals surface area contributed by atoms with E-state index in [4.69, 9.17) is 5.73 Å². The van der Waals surface area contributed by atoms with E-state index in [1.165, 1.54) is 22.9 Å². The molecule has 1 atom stereocenters. The van der Waals surface area contributed by atoms with Gasteiger partial charge >= 0.3 is 0 Å². The van der Waals surface area contributed by atoms with Crippen LogP contribution in [-0.4, -0.2) is 10.5 Å². The summed E-state index contributed by atoms with van der Waals surface area (Å²) >= 11 is 0. The van der Waals surface area contributed by atoms with Crippen molar-refractivity contribution in [2.75, 3.05) is 5.73 Å². The molecule has 1 aliphatic carbocycles. The van der Waals surface area contributed by atoms with Gasteiger partial charge in [0.05, 0.1) is 0 Å². The summed E-state index contributed by atoms with van der Waals surface area (Å²) in [7, 11) is 0. The molecule has 0 saturated heterocycles. The summed E-state index contributed by atoms with van der Waals surface area (Å²) in [6.45, 7) is 0.333. The van der Waals surface area contributed by atoms with Crippen LogP contribution in [0.2, 0.25) is 0 Å². The Balaban J connectivity index is 2.10. The van der Waals surface area contributed by atoms with E-state index in [1.54, 1.807) is 0 Å². The second kappa shape index (κ2) is 4.47. The molecule has 1 aromatic heterocycles. The van der Waals surface area contributed by atoms with Crippen molar-refractivity contribution in [3.63, 3.8) is 0 Å². The Morgan fingerprint density at radius 2 is 2.24 bits per heavy atom. The minimum Gasteiger partial charge on any atom is -0.398 e. The number of anilines is 1. The van der Waals surface area contributed by atoms with E-state index < -0.39 is 5.92 Å². The van der Waals surface area contributed by atoms with E-state index in [9.17, 15) is 13.6 Å². The van der Waals surface area contributed by atoms with Crippen LogP contribution in [0.25, 0.3) is 0 Å². The second-order valence-electron chi connectivity index (χ2n) is 4.77. The molecule has 1 saturated carbocycles. The number of hydrogen-bond donors (Lipinski definition) is 1. The Hall–Kier alpha value is -1.39. The lowest BCUT2D eigenvalue weighted by atomic mass is 9.86. The standard InChI is InChI=1S/C12H16F2N2O/c13-12(14)5-1-2-9(6-12)7-16-8-10(15)3-4-11(16)17/h3-4,8-9H,1-2,5-7,15H2. The minimum atomic E-state index is -2.58. The molecule has 94 valence electrons. The predicted octanol–water partition coefficient (Wildman–Crippen LogP) is 2.26. The molecule has 0 radical (unpaired) electrons. The summed E-state index contributed by atoms with van der Waals surface area (Å²) in [4.78, 5) is 11.5. The van der Waals surface area contributed by atoms with Crippen molar-refractivity contribution in [2.24, 2.45) is 5.92 Å². The highest BCUT2D eigenvalue weighted by Crippen LogP contribution is 2.37. The van der Waals surface area contributed by atoms with Gasteiger partial charge in [0.25, 0.3) is 5.56 Å². The highest BCUT2D eigenvalue weighted by molar-refractivity contribution is 5.33. The van der Waals surface area contributed by atoms with Crippen molar-refractivity contribution >= 4 is 5.69 Å². The zero-order valence-electron chi connectivity index (χ0n) is 9.53. The predicted molar refractivity (Wildman–Crippen MR) is 62.0 cm³/mol. The number of alkyl halides is 2. The van der Waals surface area contributed by atoms with Gasteiger partial charge in [-0.15, -0.1) is 0 Å². The number of pyridine rings is 1. The van der Waals surface area contributed by atoms with Crippen LogP contribution in [-0.2, 0) is 6.54 Å². The van der Waals surface area contributed by atoms with Gasteiger partial charge in [0.1, 0.15) is 0 Å². The topological polar surface area (TPSA) is 48.0 Å². The molecule has 3 nitrogen and oxygen atoms in total. The average Bonchev–Trinajstić information content (AvgIpc) is 2.22. The average molecular weight is 242 g/mol. The first-order valence-electron chi connectivity index (χ1n) is 5.80. The summed E-state index contributed by atoms with van der Waals surface area (Å²) in [5, 5.41) is 0. The lowest BCUT2D eigenvalue weighted by molar-refractivity contribution is -0.0548. The fourth-order valence-corrected chi connectivity index (χ4v) is 2.40. The smallest absolute Gasteiger partial charge is 0.250 e. The maximum Gasteiger partial charge on any atom is 0.250 e. The molecule has 5 heteroatoms. The Kier molecular flexibility index (Phi) is 3.17. The third-order valence-electron chi connectivity index (χ3n) is 3.20.